The van der Waals surface area contributed by atoms with Gasteiger partial charge >= 0.3 is 5.97 Å². The van der Waals surface area contributed by atoms with Crippen molar-refractivity contribution >= 4 is 17.5 Å². The van der Waals surface area contributed by atoms with Crippen molar-refractivity contribution in [2.24, 2.45) is 0 Å². The van der Waals surface area contributed by atoms with Gasteiger partial charge in [-0.25, -0.2) is 19.2 Å². The zero-order valence-corrected chi connectivity index (χ0v) is 9.51. The van der Waals surface area contributed by atoms with Crippen LogP contribution in [0.2, 0.25) is 0 Å². The highest BCUT2D eigenvalue weighted by molar-refractivity contribution is 5.85. The third-order valence-electron chi connectivity index (χ3n) is 2.35. The molecule has 0 aliphatic rings. The summed E-state index contributed by atoms with van der Waals surface area (Å²) in [5.74, 6) is -1.27. The Hall–Kier alpha value is -2.50. The van der Waals surface area contributed by atoms with E-state index in [1.807, 2.05) is 0 Å². The van der Waals surface area contributed by atoms with Gasteiger partial charge in [0.2, 0.25) is 0 Å². The fraction of sp³-hybridized carbons (Fsp3) is 0.0833. The highest BCUT2D eigenvalue weighted by atomic mass is 19.1. The Morgan fingerprint density at radius 3 is 2.67 bits per heavy atom. The van der Waals surface area contributed by atoms with Gasteiger partial charge in [-0.15, -0.1) is 0 Å². The third kappa shape index (κ3) is 2.42. The first-order chi connectivity index (χ1) is 8.58. The number of carbonyl (C=O) groups is 1. The van der Waals surface area contributed by atoms with Gasteiger partial charge in [-0.2, -0.15) is 0 Å². The van der Waals surface area contributed by atoms with Crippen molar-refractivity contribution in [3.63, 3.8) is 0 Å². The average molecular weight is 247 g/mol. The van der Waals surface area contributed by atoms with Crippen molar-refractivity contribution in [2.45, 2.75) is 6.92 Å². The summed E-state index contributed by atoms with van der Waals surface area (Å²) >= 11 is 0. The van der Waals surface area contributed by atoms with Gasteiger partial charge in [-0.1, -0.05) is 12.1 Å². The lowest BCUT2D eigenvalue weighted by Crippen LogP contribution is -2.04. The number of nitrogens with zero attached hydrogens (tertiary/aromatic N) is 2. The molecule has 0 unspecified atom stereocenters. The van der Waals surface area contributed by atoms with Crippen LogP contribution in [0.5, 0.6) is 0 Å². The maximum Gasteiger partial charge on any atom is 0.356 e. The van der Waals surface area contributed by atoms with Gasteiger partial charge in [0.15, 0.2) is 5.69 Å². The Bertz CT molecular complexity index is 564. The van der Waals surface area contributed by atoms with E-state index in [4.69, 9.17) is 5.11 Å². The van der Waals surface area contributed by atoms with Gasteiger partial charge in [0, 0.05) is 0 Å². The van der Waals surface area contributed by atoms with E-state index in [1.54, 1.807) is 19.1 Å². The van der Waals surface area contributed by atoms with Crippen molar-refractivity contribution < 1.29 is 14.3 Å². The zero-order chi connectivity index (χ0) is 13.1. The Morgan fingerprint density at radius 2 is 2.11 bits per heavy atom. The quantitative estimate of drug-likeness (QED) is 0.870. The Balaban J connectivity index is 2.26. The molecule has 0 saturated heterocycles. The molecule has 0 atom stereocenters. The minimum absolute atomic E-state index is 0.161. The van der Waals surface area contributed by atoms with E-state index >= 15 is 0 Å². The van der Waals surface area contributed by atoms with Crippen LogP contribution in [0.3, 0.4) is 0 Å². The molecule has 0 aliphatic carbocycles. The normalized spacial score (nSPS) is 10.1. The first-order valence-corrected chi connectivity index (χ1v) is 5.15. The predicted molar refractivity (Wildman–Crippen MR) is 63.4 cm³/mol. The number of aromatic carboxylic acids is 1. The molecular formula is C12H10FN3O2. The van der Waals surface area contributed by atoms with Crippen LogP contribution < -0.4 is 5.32 Å². The van der Waals surface area contributed by atoms with Gasteiger partial charge in [0.25, 0.3) is 0 Å². The Morgan fingerprint density at radius 1 is 1.33 bits per heavy atom. The second-order valence-corrected chi connectivity index (χ2v) is 3.65. The van der Waals surface area contributed by atoms with Crippen molar-refractivity contribution in [2.75, 3.05) is 5.32 Å². The van der Waals surface area contributed by atoms with Crippen molar-refractivity contribution in [3.05, 3.63) is 47.7 Å². The van der Waals surface area contributed by atoms with Crippen LogP contribution in [0.1, 0.15) is 16.1 Å². The number of carboxylic acid groups (broad SMARTS) is 1. The average Bonchev–Trinajstić information content (AvgIpc) is 2.34. The molecule has 0 fully saturated rings. The summed E-state index contributed by atoms with van der Waals surface area (Å²) < 4.78 is 13.5. The minimum Gasteiger partial charge on any atom is -0.476 e. The summed E-state index contributed by atoms with van der Waals surface area (Å²) in [6.07, 6.45) is 2.36. The van der Waals surface area contributed by atoms with Crippen LogP contribution in [0.25, 0.3) is 0 Å². The Labute approximate surface area is 102 Å². The number of aromatic nitrogens is 2. The summed E-state index contributed by atoms with van der Waals surface area (Å²) in [6, 6.07) is 4.69. The highest BCUT2D eigenvalue weighted by Crippen LogP contribution is 2.22. The van der Waals surface area contributed by atoms with E-state index in [0.29, 0.717) is 5.69 Å². The van der Waals surface area contributed by atoms with Crippen LogP contribution in [0.15, 0.2) is 30.6 Å². The van der Waals surface area contributed by atoms with Gasteiger partial charge in [0.05, 0.1) is 18.1 Å². The molecule has 1 aromatic heterocycles. The standard InChI is InChI=1S/C12H10FN3O2/c1-7-3-2-4-8(13)11(7)16-10-6-14-9(5-15-10)12(17)18/h2-6H,1H3,(H,15,16)(H,17,18). The number of aryl methyl sites for hydroxylation is 1. The molecule has 0 spiro atoms. The molecule has 0 radical (unpaired) electrons. The zero-order valence-electron chi connectivity index (χ0n) is 9.51. The second-order valence-electron chi connectivity index (χ2n) is 3.65. The number of benzene rings is 1. The third-order valence-corrected chi connectivity index (χ3v) is 2.35. The SMILES string of the molecule is Cc1cccc(F)c1Nc1cnc(C(=O)O)cn1. The maximum atomic E-state index is 13.5. The number of hydrogen-bond donors (Lipinski definition) is 2. The molecule has 0 aliphatic heterocycles. The van der Waals surface area contributed by atoms with Crippen molar-refractivity contribution in [1.82, 2.24) is 9.97 Å². The van der Waals surface area contributed by atoms with E-state index in [0.717, 1.165) is 11.8 Å². The molecular weight excluding hydrogens is 237 g/mol. The molecule has 0 saturated carbocycles. The van der Waals surface area contributed by atoms with Gasteiger partial charge < -0.3 is 10.4 Å². The number of nitrogens with one attached hydrogen (secondary N) is 1. The molecule has 1 aromatic carbocycles. The monoisotopic (exact) mass is 247 g/mol. The molecule has 18 heavy (non-hydrogen) atoms. The first kappa shape index (κ1) is 12.0. The summed E-state index contributed by atoms with van der Waals surface area (Å²) in [6.45, 7) is 1.75. The lowest BCUT2D eigenvalue weighted by Gasteiger charge is -2.09. The molecule has 6 heteroatoms. The van der Waals surface area contributed by atoms with E-state index in [-0.39, 0.29) is 11.5 Å². The highest BCUT2D eigenvalue weighted by Gasteiger charge is 2.08. The summed E-state index contributed by atoms with van der Waals surface area (Å²) in [4.78, 5) is 18.1. The van der Waals surface area contributed by atoms with Gasteiger partial charge in [-0.3, -0.25) is 0 Å². The first-order valence-electron chi connectivity index (χ1n) is 5.15. The van der Waals surface area contributed by atoms with E-state index in [2.05, 4.69) is 15.3 Å². The van der Waals surface area contributed by atoms with Crippen LogP contribution in [0.4, 0.5) is 15.9 Å². The minimum atomic E-state index is -1.16. The fourth-order valence-corrected chi connectivity index (χ4v) is 1.42. The summed E-state index contributed by atoms with van der Waals surface area (Å²) in [5.41, 5.74) is 0.861. The fourth-order valence-electron chi connectivity index (χ4n) is 1.42. The maximum absolute atomic E-state index is 13.5. The van der Waals surface area contributed by atoms with Crippen LogP contribution in [-0.2, 0) is 0 Å². The molecule has 2 N–H and O–H groups in total. The number of para-hydroxylation sites is 1. The van der Waals surface area contributed by atoms with Crippen molar-refractivity contribution in [3.8, 4) is 0 Å². The van der Waals surface area contributed by atoms with Crippen molar-refractivity contribution in [1.29, 1.82) is 0 Å². The molecule has 0 amide bonds. The van der Waals surface area contributed by atoms with E-state index < -0.39 is 11.8 Å². The molecule has 5 nitrogen and oxygen atoms in total. The number of rotatable bonds is 3. The largest absolute Gasteiger partial charge is 0.476 e. The topological polar surface area (TPSA) is 75.1 Å². The second kappa shape index (κ2) is 4.79. The molecule has 2 aromatic rings. The number of carboxylic acids is 1. The predicted octanol–water partition coefficient (Wildman–Crippen LogP) is 2.37. The summed E-state index contributed by atoms with van der Waals surface area (Å²) in [5, 5.41) is 11.4. The lowest BCUT2D eigenvalue weighted by atomic mass is 10.2. The van der Waals surface area contributed by atoms with E-state index in [1.165, 1.54) is 12.3 Å². The lowest BCUT2D eigenvalue weighted by molar-refractivity contribution is 0.0690. The van der Waals surface area contributed by atoms with Gasteiger partial charge in [-0.05, 0) is 18.6 Å². The van der Waals surface area contributed by atoms with Gasteiger partial charge in [0.1, 0.15) is 11.6 Å². The smallest absolute Gasteiger partial charge is 0.356 e. The number of anilines is 2. The van der Waals surface area contributed by atoms with Crippen LogP contribution in [-0.4, -0.2) is 21.0 Å². The molecule has 1 heterocycles. The summed E-state index contributed by atoms with van der Waals surface area (Å²) in [7, 11) is 0. The number of hydrogen-bond acceptors (Lipinski definition) is 4. The van der Waals surface area contributed by atoms with Crippen LogP contribution >= 0.6 is 0 Å². The van der Waals surface area contributed by atoms with E-state index in [9.17, 15) is 9.18 Å². The molecule has 0 bridgehead atoms. The molecule has 92 valence electrons. The van der Waals surface area contributed by atoms with Crippen LogP contribution in [0, 0.1) is 12.7 Å². The number of halogens is 1. The molecule has 2 rings (SSSR count). The Kier molecular flexibility index (Phi) is 3.18.